The van der Waals surface area contributed by atoms with Gasteiger partial charge in [-0.1, -0.05) is 6.92 Å². The Balaban J connectivity index is 2.63. The maximum Gasteiger partial charge on any atom is 0.341 e. The molecule has 6 nitrogen and oxygen atoms in total. The molecule has 0 fully saturated rings. The van der Waals surface area contributed by atoms with Crippen molar-refractivity contribution in [2.24, 2.45) is 0 Å². The molecule has 0 atom stereocenters. The third kappa shape index (κ3) is 4.40. The van der Waals surface area contributed by atoms with Crippen LogP contribution in [0, 0.1) is 0 Å². The van der Waals surface area contributed by atoms with Gasteiger partial charge in [0.15, 0.2) is 0 Å². The molecular formula is C13H19NO5. The standard InChI is InChI=1S/C13H19NO5/c1-4-14(7-5-12(15)17-2)9-11-10(6-8-19-11)13(16)18-3/h6,8H,4-5,7,9H2,1-3H3. The van der Waals surface area contributed by atoms with Gasteiger partial charge in [-0.15, -0.1) is 0 Å². The van der Waals surface area contributed by atoms with Crippen LogP contribution in [0.3, 0.4) is 0 Å². The van der Waals surface area contributed by atoms with E-state index in [2.05, 4.69) is 9.47 Å². The van der Waals surface area contributed by atoms with Crippen molar-refractivity contribution in [1.82, 2.24) is 4.90 Å². The summed E-state index contributed by atoms with van der Waals surface area (Å²) in [5.74, 6) is -0.141. The Hall–Kier alpha value is -1.82. The van der Waals surface area contributed by atoms with Crippen LogP contribution >= 0.6 is 0 Å². The zero-order valence-corrected chi connectivity index (χ0v) is 11.5. The van der Waals surface area contributed by atoms with Crippen LogP contribution < -0.4 is 0 Å². The topological polar surface area (TPSA) is 69.0 Å². The molecule has 1 aromatic rings. The van der Waals surface area contributed by atoms with Crippen LogP contribution in [0.5, 0.6) is 0 Å². The van der Waals surface area contributed by atoms with E-state index < -0.39 is 5.97 Å². The minimum Gasteiger partial charge on any atom is -0.469 e. The molecule has 106 valence electrons. The van der Waals surface area contributed by atoms with Crippen LogP contribution in [0.1, 0.15) is 29.5 Å². The molecule has 1 aromatic heterocycles. The number of esters is 2. The van der Waals surface area contributed by atoms with Crippen molar-refractivity contribution in [3.05, 3.63) is 23.7 Å². The molecule has 0 unspecified atom stereocenters. The Bertz CT molecular complexity index is 426. The minimum absolute atomic E-state index is 0.258. The molecule has 0 saturated carbocycles. The number of nitrogens with zero attached hydrogens (tertiary/aromatic N) is 1. The van der Waals surface area contributed by atoms with E-state index in [1.54, 1.807) is 6.07 Å². The summed E-state index contributed by atoms with van der Waals surface area (Å²) in [6.07, 6.45) is 1.76. The average Bonchev–Trinajstić information content (AvgIpc) is 2.89. The van der Waals surface area contributed by atoms with Crippen LogP contribution in [-0.4, -0.2) is 44.1 Å². The SMILES string of the molecule is CCN(CCC(=O)OC)Cc1occc1C(=O)OC. The summed E-state index contributed by atoms with van der Waals surface area (Å²) in [6, 6.07) is 1.58. The highest BCUT2D eigenvalue weighted by atomic mass is 16.5. The molecule has 0 aromatic carbocycles. The molecule has 0 spiro atoms. The van der Waals surface area contributed by atoms with Gasteiger partial charge in [-0.05, 0) is 12.6 Å². The summed E-state index contributed by atoms with van der Waals surface area (Å²) in [5.41, 5.74) is 0.416. The van der Waals surface area contributed by atoms with Gasteiger partial charge >= 0.3 is 11.9 Å². The summed E-state index contributed by atoms with van der Waals surface area (Å²) in [5, 5.41) is 0. The fraction of sp³-hybridized carbons (Fsp3) is 0.538. The first-order chi connectivity index (χ1) is 9.12. The molecule has 0 aliphatic rings. The molecule has 0 saturated heterocycles. The summed E-state index contributed by atoms with van der Waals surface area (Å²) in [4.78, 5) is 24.6. The Morgan fingerprint density at radius 2 is 2.05 bits per heavy atom. The smallest absolute Gasteiger partial charge is 0.341 e. The van der Waals surface area contributed by atoms with Gasteiger partial charge in [-0.3, -0.25) is 9.69 Å². The number of rotatable bonds is 7. The fourth-order valence-corrected chi connectivity index (χ4v) is 1.66. The van der Waals surface area contributed by atoms with Gasteiger partial charge in [-0.25, -0.2) is 4.79 Å². The van der Waals surface area contributed by atoms with Crippen LogP contribution in [0.15, 0.2) is 16.7 Å². The number of methoxy groups -OCH3 is 2. The van der Waals surface area contributed by atoms with E-state index in [1.165, 1.54) is 20.5 Å². The lowest BCUT2D eigenvalue weighted by atomic mass is 10.2. The van der Waals surface area contributed by atoms with Crippen LogP contribution in [0.4, 0.5) is 0 Å². The maximum atomic E-state index is 11.5. The minimum atomic E-state index is -0.423. The number of furan rings is 1. The molecule has 0 N–H and O–H groups in total. The first-order valence-electron chi connectivity index (χ1n) is 6.06. The van der Waals surface area contributed by atoms with Gasteiger partial charge in [-0.2, -0.15) is 0 Å². The van der Waals surface area contributed by atoms with Gasteiger partial charge in [0, 0.05) is 6.54 Å². The van der Waals surface area contributed by atoms with Crippen molar-refractivity contribution in [3.8, 4) is 0 Å². The predicted octanol–water partition coefficient (Wildman–Crippen LogP) is 1.45. The molecule has 19 heavy (non-hydrogen) atoms. The zero-order chi connectivity index (χ0) is 14.3. The Morgan fingerprint density at radius 1 is 1.32 bits per heavy atom. The Kier molecular flexibility index (Phi) is 6.08. The van der Waals surface area contributed by atoms with Crippen LogP contribution in [-0.2, 0) is 20.8 Å². The molecule has 0 aliphatic carbocycles. The lowest BCUT2D eigenvalue weighted by molar-refractivity contribution is -0.141. The highest BCUT2D eigenvalue weighted by Gasteiger charge is 2.17. The molecule has 1 rings (SSSR count). The third-order valence-electron chi connectivity index (χ3n) is 2.82. The largest absolute Gasteiger partial charge is 0.469 e. The van der Waals surface area contributed by atoms with Gasteiger partial charge < -0.3 is 13.9 Å². The number of carbonyl (C=O) groups is 2. The Morgan fingerprint density at radius 3 is 2.63 bits per heavy atom. The molecule has 0 aliphatic heterocycles. The maximum absolute atomic E-state index is 11.5. The first-order valence-corrected chi connectivity index (χ1v) is 6.06. The molecule has 0 bridgehead atoms. The lowest BCUT2D eigenvalue weighted by Gasteiger charge is -2.18. The van der Waals surface area contributed by atoms with Gasteiger partial charge in [0.05, 0.1) is 33.4 Å². The number of ether oxygens (including phenoxy) is 2. The van der Waals surface area contributed by atoms with Crippen molar-refractivity contribution in [2.75, 3.05) is 27.3 Å². The van der Waals surface area contributed by atoms with E-state index in [0.29, 0.717) is 30.8 Å². The van der Waals surface area contributed by atoms with Gasteiger partial charge in [0.1, 0.15) is 11.3 Å². The van der Waals surface area contributed by atoms with E-state index in [4.69, 9.17) is 4.42 Å². The highest BCUT2D eigenvalue weighted by Crippen LogP contribution is 2.14. The van der Waals surface area contributed by atoms with Crippen molar-refractivity contribution in [3.63, 3.8) is 0 Å². The fourth-order valence-electron chi connectivity index (χ4n) is 1.66. The van der Waals surface area contributed by atoms with Crippen molar-refractivity contribution >= 4 is 11.9 Å². The van der Waals surface area contributed by atoms with Gasteiger partial charge in [0.25, 0.3) is 0 Å². The Labute approximate surface area is 112 Å². The van der Waals surface area contributed by atoms with E-state index in [0.717, 1.165) is 6.54 Å². The monoisotopic (exact) mass is 269 g/mol. The number of hydrogen-bond donors (Lipinski definition) is 0. The van der Waals surface area contributed by atoms with E-state index in [9.17, 15) is 9.59 Å². The molecular weight excluding hydrogens is 250 g/mol. The summed E-state index contributed by atoms with van der Waals surface area (Å²) in [7, 11) is 2.69. The number of hydrogen-bond acceptors (Lipinski definition) is 6. The van der Waals surface area contributed by atoms with Crippen molar-refractivity contribution in [1.29, 1.82) is 0 Å². The molecule has 1 heterocycles. The van der Waals surface area contributed by atoms with Crippen LogP contribution in [0.25, 0.3) is 0 Å². The van der Waals surface area contributed by atoms with Crippen molar-refractivity contribution in [2.45, 2.75) is 19.9 Å². The first kappa shape index (κ1) is 15.2. The zero-order valence-electron chi connectivity index (χ0n) is 11.5. The second-order valence-corrected chi connectivity index (χ2v) is 3.94. The molecule has 6 heteroatoms. The van der Waals surface area contributed by atoms with Gasteiger partial charge in [0.2, 0.25) is 0 Å². The number of carbonyl (C=O) groups excluding carboxylic acids is 2. The van der Waals surface area contributed by atoms with E-state index in [1.807, 2.05) is 11.8 Å². The second-order valence-electron chi connectivity index (χ2n) is 3.94. The summed E-state index contributed by atoms with van der Waals surface area (Å²) >= 11 is 0. The molecule has 0 amide bonds. The normalized spacial score (nSPS) is 10.5. The third-order valence-corrected chi connectivity index (χ3v) is 2.82. The predicted molar refractivity (Wildman–Crippen MR) is 67.6 cm³/mol. The van der Waals surface area contributed by atoms with E-state index >= 15 is 0 Å². The average molecular weight is 269 g/mol. The van der Waals surface area contributed by atoms with Crippen molar-refractivity contribution < 1.29 is 23.5 Å². The lowest BCUT2D eigenvalue weighted by Crippen LogP contribution is -2.26. The van der Waals surface area contributed by atoms with E-state index in [-0.39, 0.29) is 5.97 Å². The highest BCUT2D eigenvalue weighted by molar-refractivity contribution is 5.90. The summed E-state index contributed by atoms with van der Waals surface area (Å²) < 4.78 is 14.6. The summed E-state index contributed by atoms with van der Waals surface area (Å²) in [6.45, 7) is 3.70. The quantitative estimate of drug-likeness (QED) is 0.698. The van der Waals surface area contributed by atoms with Crippen LogP contribution in [0.2, 0.25) is 0 Å². The molecule has 0 radical (unpaired) electrons. The second kappa shape index (κ2) is 7.58.